The molecule has 0 aliphatic carbocycles. The summed E-state index contributed by atoms with van der Waals surface area (Å²) in [7, 11) is 0. The highest BCUT2D eigenvalue weighted by atomic mass is 32.1. The number of nitrogens with one attached hydrogen (secondary N) is 1. The maximum atomic E-state index is 12.4. The molecule has 2 amide bonds. The van der Waals surface area contributed by atoms with E-state index in [9.17, 15) is 9.59 Å². The Kier molecular flexibility index (Phi) is 5.21. The summed E-state index contributed by atoms with van der Waals surface area (Å²) in [6.07, 6.45) is 1.62. The molecule has 4 rings (SSSR count). The zero-order valence-corrected chi connectivity index (χ0v) is 15.9. The van der Waals surface area contributed by atoms with Crippen molar-refractivity contribution >= 4 is 33.9 Å². The molecule has 0 spiro atoms. The molecule has 1 N–H and O–H groups in total. The van der Waals surface area contributed by atoms with Crippen LogP contribution in [0.15, 0.2) is 53.9 Å². The van der Waals surface area contributed by atoms with E-state index in [1.807, 2.05) is 47.4 Å². The Hall–Kier alpha value is -2.66. The zero-order valence-electron chi connectivity index (χ0n) is 15.1. The molecule has 2 aromatic carbocycles. The first-order valence-electron chi connectivity index (χ1n) is 9.27. The average Bonchev–Trinajstić information content (AvgIpc) is 3.16. The highest BCUT2D eigenvalue weighted by Gasteiger charge is 2.21. The number of rotatable bonds is 5. The molecule has 138 valence electrons. The van der Waals surface area contributed by atoms with Gasteiger partial charge in [-0.3, -0.25) is 9.59 Å². The molecule has 0 bridgehead atoms. The Bertz CT molecular complexity index is 974. The van der Waals surface area contributed by atoms with Crippen LogP contribution in [0.5, 0.6) is 0 Å². The van der Waals surface area contributed by atoms with Gasteiger partial charge in [-0.15, -0.1) is 11.3 Å². The van der Waals surface area contributed by atoms with Gasteiger partial charge >= 0.3 is 0 Å². The standard InChI is InChI=1S/C22H22N2O2S/c25-21(14-17-6-3-5-16-4-1-2-7-19(16)17)23-11-8-22(26)24-12-9-20-18(15-24)10-13-27-20/h1-7,10,13H,8-9,11-12,14-15H2,(H,23,25). The minimum atomic E-state index is -0.0436. The Morgan fingerprint density at radius 2 is 1.93 bits per heavy atom. The van der Waals surface area contributed by atoms with Crippen LogP contribution in [0.25, 0.3) is 10.8 Å². The Morgan fingerprint density at radius 1 is 1.07 bits per heavy atom. The van der Waals surface area contributed by atoms with E-state index in [-0.39, 0.29) is 11.8 Å². The van der Waals surface area contributed by atoms with Gasteiger partial charge in [0.2, 0.25) is 11.8 Å². The van der Waals surface area contributed by atoms with Crippen molar-refractivity contribution < 1.29 is 9.59 Å². The fourth-order valence-electron chi connectivity index (χ4n) is 3.61. The average molecular weight is 378 g/mol. The second-order valence-corrected chi connectivity index (χ2v) is 7.85. The molecular formula is C22H22N2O2S. The largest absolute Gasteiger partial charge is 0.355 e. The molecule has 4 nitrogen and oxygen atoms in total. The van der Waals surface area contributed by atoms with Gasteiger partial charge in [-0.2, -0.15) is 0 Å². The molecule has 1 aliphatic heterocycles. The molecule has 27 heavy (non-hydrogen) atoms. The van der Waals surface area contributed by atoms with Crippen LogP contribution in [0, 0.1) is 0 Å². The van der Waals surface area contributed by atoms with Crippen molar-refractivity contribution in [3.63, 3.8) is 0 Å². The monoisotopic (exact) mass is 378 g/mol. The predicted octanol–water partition coefficient (Wildman–Crippen LogP) is 3.54. The van der Waals surface area contributed by atoms with E-state index in [0.717, 1.165) is 29.3 Å². The quantitative estimate of drug-likeness (QED) is 0.738. The van der Waals surface area contributed by atoms with Crippen LogP contribution in [-0.4, -0.2) is 29.8 Å². The summed E-state index contributed by atoms with van der Waals surface area (Å²) in [6.45, 7) is 1.85. The van der Waals surface area contributed by atoms with Crippen LogP contribution in [0.3, 0.4) is 0 Å². The maximum absolute atomic E-state index is 12.4. The molecule has 1 aliphatic rings. The van der Waals surface area contributed by atoms with Crippen LogP contribution in [-0.2, 0) is 29.0 Å². The number of thiophene rings is 1. The smallest absolute Gasteiger partial charge is 0.224 e. The number of carbonyl (C=O) groups is 2. The predicted molar refractivity (Wildman–Crippen MR) is 109 cm³/mol. The third-order valence-corrected chi connectivity index (χ3v) is 6.08. The van der Waals surface area contributed by atoms with Crippen LogP contribution in [0.2, 0.25) is 0 Å². The van der Waals surface area contributed by atoms with Crippen LogP contribution >= 0.6 is 11.3 Å². The van der Waals surface area contributed by atoms with E-state index in [1.54, 1.807) is 11.3 Å². The van der Waals surface area contributed by atoms with Crippen molar-refractivity contribution in [2.24, 2.45) is 0 Å². The zero-order chi connectivity index (χ0) is 18.6. The van der Waals surface area contributed by atoms with Crippen LogP contribution in [0.4, 0.5) is 0 Å². The molecule has 1 aromatic heterocycles. The lowest BCUT2D eigenvalue weighted by atomic mass is 10.0. The van der Waals surface area contributed by atoms with Crippen molar-refractivity contribution in [3.8, 4) is 0 Å². The van der Waals surface area contributed by atoms with Gasteiger partial charge in [0.15, 0.2) is 0 Å². The molecule has 3 aromatic rings. The number of fused-ring (bicyclic) bond motifs is 2. The molecule has 0 saturated carbocycles. The van der Waals surface area contributed by atoms with Crippen molar-refractivity contribution in [2.45, 2.75) is 25.8 Å². The minimum absolute atomic E-state index is 0.0436. The summed E-state index contributed by atoms with van der Waals surface area (Å²) in [5.74, 6) is 0.0650. The number of hydrogen-bond acceptors (Lipinski definition) is 3. The van der Waals surface area contributed by atoms with Crippen molar-refractivity contribution in [1.82, 2.24) is 10.2 Å². The molecule has 0 radical (unpaired) electrons. The molecule has 5 heteroatoms. The summed E-state index contributed by atoms with van der Waals surface area (Å²) >= 11 is 1.77. The third kappa shape index (κ3) is 4.03. The molecule has 0 unspecified atom stereocenters. The fraction of sp³-hybridized carbons (Fsp3) is 0.273. The molecule has 2 heterocycles. The second kappa shape index (κ2) is 7.92. The number of benzene rings is 2. The van der Waals surface area contributed by atoms with Crippen LogP contribution < -0.4 is 5.32 Å². The van der Waals surface area contributed by atoms with E-state index >= 15 is 0 Å². The van der Waals surface area contributed by atoms with E-state index in [2.05, 4.69) is 16.8 Å². The topological polar surface area (TPSA) is 49.4 Å². The van der Waals surface area contributed by atoms with Gasteiger partial charge in [-0.25, -0.2) is 0 Å². The number of amides is 2. The third-order valence-electron chi connectivity index (χ3n) is 5.05. The maximum Gasteiger partial charge on any atom is 0.224 e. The highest BCUT2D eigenvalue weighted by molar-refractivity contribution is 7.10. The highest BCUT2D eigenvalue weighted by Crippen LogP contribution is 2.24. The van der Waals surface area contributed by atoms with Gasteiger partial charge in [0.25, 0.3) is 0 Å². The lowest BCUT2D eigenvalue weighted by Gasteiger charge is -2.27. The number of carbonyl (C=O) groups excluding carboxylic acids is 2. The van der Waals surface area contributed by atoms with E-state index < -0.39 is 0 Å². The lowest BCUT2D eigenvalue weighted by molar-refractivity contribution is -0.132. The summed E-state index contributed by atoms with van der Waals surface area (Å²) in [5, 5.41) is 7.22. The molecule has 0 fully saturated rings. The van der Waals surface area contributed by atoms with Gasteiger partial charge in [0, 0.05) is 30.9 Å². The normalized spacial score (nSPS) is 13.4. The Balaban J connectivity index is 1.28. The SMILES string of the molecule is O=C(Cc1cccc2ccccc12)NCCC(=O)N1CCc2sccc2C1. The first-order valence-corrected chi connectivity index (χ1v) is 10.1. The Morgan fingerprint density at radius 3 is 2.85 bits per heavy atom. The Labute approximate surface area is 162 Å². The summed E-state index contributed by atoms with van der Waals surface area (Å²) in [6, 6.07) is 16.2. The van der Waals surface area contributed by atoms with E-state index in [0.29, 0.717) is 25.9 Å². The van der Waals surface area contributed by atoms with Gasteiger partial charge in [0.05, 0.1) is 6.42 Å². The van der Waals surface area contributed by atoms with Gasteiger partial charge in [0.1, 0.15) is 0 Å². The van der Waals surface area contributed by atoms with E-state index in [1.165, 1.54) is 10.4 Å². The van der Waals surface area contributed by atoms with Crippen LogP contribution in [0.1, 0.15) is 22.4 Å². The lowest BCUT2D eigenvalue weighted by Crippen LogP contribution is -2.37. The minimum Gasteiger partial charge on any atom is -0.355 e. The fourth-order valence-corrected chi connectivity index (χ4v) is 4.50. The number of nitrogens with zero attached hydrogens (tertiary/aromatic N) is 1. The first kappa shape index (κ1) is 17.7. The second-order valence-electron chi connectivity index (χ2n) is 6.85. The van der Waals surface area contributed by atoms with Gasteiger partial charge in [-0.05, 0) is 39.8 Å². The summed E-state index contributed by atoms with van der Waals surface area (Å²) in [4.78, 5) is 28.0. The van der Waals surface area contributed by atoms with Crippen molar-refractivity contribution in [2.75, 3.05) is 13.1 Å². The summed E-state index contributed by atoms with van der Waals surface area (Å²) < 4.78 is 0. The number of hydrogen-bond donors (Lipinski definition) is 1. The van der Waals surface area contributed by atoms with Crippen molar-refractivity contribution in [3.05, 3.63) is 69.9 Å². The molecular weight excluding hydrogens is 356 g/mol. The van der Waals surface area contributed by atoms with Crippen molar-refractivity contribution in [1.29, 1.82) is 0 Å². The molecule has 0 saturated heterocycles. The molecule has 0 atom stereocenters. The van der Waals surface area contributed by atoms with E-state index in [4.69, 9.17) is 0 Å². The van der Waals surface area contributed by atoms with Gasteiger partial charge in [-0.1, -0.05) is 42.5 Å². The summed E-state index contributed by atoms with van der Waals surface area (Å²) in [5.41, 5.74) is 2.28. The van der Waals surface area contributed by atoms with Gasteiger partial charge < -0.3 is 10.2 Å². The first-order chi connectivity index (χ1) is 13.2.